The van der Waals surface area contributed by atoms with Crippen molar-refractivity contribution in [2.24, 2.45) is 0 Å². The van der Waals surface area contributed by atoms with Gasteiger partial charge in [0.1, 0.15) is 29.5 Å². The van der Waals surface area contributed by atoms with Crippen LogP contribution in [0, 0.1) is 11.6 Å². The first-order valence-corrected chi connectivity index (χ1v) is 7.37. The molecule has 1 amide bonds. The van der Waals surface area contributed by atoms with E-state index in [1.807, 2.05) is 6.92 Å². The topological polar surface area (TPSA) is 92.4 Å². The first-order chi connectivity index (χ1) is 11.4. The molecule has 0 spiro atoms. The van der Waals surface area contributed by atoms with Gasteiger partial charge in [0, 0.05) is 0 Å². The highest BCUT2D eigenvalue weighted by Gasteiger charge is 2.23. The number of aliphatic carboxylic acids is 1. The third-order valence-electron chi connectivity index (χ3n) is 3.36. The molecule has 2 rings (SSSR count). The minimum Gasteiger partial charge on any atom is -0.480 e. The van der Waals surface area contributed by atoms with E-state index in [0.717, 1.165) is 24.8 Å². The number of amides is 1. The Bertz CT molecular complexity index is 725. The highest BCUT2D eigenvalue weighted by atomic mass is 19.1. The summed E-state index contributed by atoms with van der Waals surface area (Å²) in [6.07, 6.45) is 2.60. The molecule has 0 fully saturated rings. The summed E-state index contributed by atoms with van der Waals surface area (Å²) in [5.74, 6) is -4.10. The number of carbonyl (C=O) groups excluding carboxylic acids is 1. The summed E-state index contributed by atoms with van der Waals surface area (Å²) in [5.41, 5.74) is -0.743. The Morgan fingerprint density at radius 2 is 2.00 bits per heavy atom. The molecule has 0 radical (unpaired) electrons. The maximum absolute atomic E-state index is 13.7. The number of nitrogens with one attached hydrogen (secondary N) is 1. The predicted octanol–water partition coefficient (Wildman–Crippen LogP) is 2.99. The Kier molecular flexibility index (Phi) is 5.62. The molecule has 1 atom stereocenters. The molecule has 2 N–H and O–H groups in total. The van der Waals surface area contributed by atoms with Crippen LogP contribution in [0.25, 0.3) is 11.5 Å². The molecule has 2 aromatic rings. The van der Waals surface area contributed by atoms with E-state index in [1.54, 1.807) is 0 Å². The molecule has 1 heterocycles. The van der Waals surface area contributed by atoms with Gasteiger partial charge in [-0.05, 0) is 18.6 Å². The normalized spacial score (nSPS) is 12.0. The molecule has 6 nitrogen and oxygen atoms in total. The number of nitrogens with zero attached hydrogens (tertiary/aromatic N) is 1. The number of hydrogen-bond donors (Lipinski definition) is 2. The zero-order valence-corrected chi connectivity index (χ0v) is 12.9. The predicted molar refractivity (Wildman–Crippen MR) is 80.3 cm³/mol. The summed E-state index contributed by atoms with van der Waals surface area (Å²) in [6.45, 7) is 1.90. The second-order valence-corrected chi connectivity index (χ2v) is 5.14. The summed E-state index contributed by atoms with van der Waals surface area (Å²) < 4.78 is 32.3. The van der Waals surface area contributed by atoms with Crippen molar-refractivity contribution >= 4 is 11.9 Å². The van der Waals surface area contributed by atoms with E-state index < -0.39 is 41.0 Å². The summed E-state index contributed by atoms with van der Waals surface area (Å²) >= 11 is 0. The summed E-state index contributed by atoms with van der Waals surface area (Å²) in [6, 6.07) is 2.19. The molecule has 0 aliphatic carbocycles. The van der Waals surface area contributed by atoms with E-state index in [4.69, 9.17) is 9.52 Å². The zero-order chi connectivity index (χ0) is 17.7. The van der Waals surface area contributed by atoms with E-state index in [0.29, 0.717) is 6.42 Å². The quantitative estimate of drug-likeness (QED) is 0.809. The number of rotatable bonds is 7. The number of carboxylic acid groups (broad SMARTS) is 1. The maximum atomic E-state index is 13.7. The molecule has 0 unspecified atom stereocenters. The van der Waals surface area contributed by atoms with Crippen LogP contribution >= 0.6 is 0 Å². The van der Waals surface area contributed by atoms with Crippen molar-refractivity contribution < 1.29 is 27.9 Å². The number of hydrogen-bond acceptors (Lipinski definition) is 4. The van der Waals surface area contributed by atoms with Gasteiger partial charge in [-0.15, -0.1) is 0 Å². The van der Waals surface area contributed by atoms with Gasteiger partial charge < -0.3 is 14.8 Å². The van der Waals surface area contributed by atoms with Gasteiger partial charge in [-0.2, -0.15) is 0 Å². The van der Waals surface area contributed by atoms with E-state index in [-0.39, 0.29) is 12.1 Å². The lowest BCUT2D eigenvalue weighted by atomic mass is 10.1. The molecule has 0 saturated carbocycles. The maximum Gasteiger partial charge on any atom is 0.326 e. The molecular weight excluding hydrogens is 322 g/mol. The van der Waals surface area contributed by atoms with Crippen molar-refractivity contribution in [1.82, 2.24) is 10.3 Å². The lowest BCUT2D eigenvalue weighted by Crippen LogP contribution is -2.40. The molecule has 8 heteroatoms. The Balaban J connectivity index is 2.18. The van der Waals surface area contributed by atoms with Gasteiger partial charge in [0.05, 0.1) is 0 Å². The van der Waals surface area contributed by atoms with Gasteiger partial charge in [-0.25, -0.2) is 18.6 Å². The van der Waals surface area contributed by atoms with Gasteiger partial charge >= 0.3 is 5.97 Å². The fraction of sp³-hybridized carbons (Fsp3) is 0.312. The van der Waals surface area contributed by atoms with Crippen LogP contribution in [0.2, 0.25) is 0 Å². The SMILES string of the molecule is CCCC[C@H](NC(=O)c1coc(-c2c(F)cccc2F)n1)C(=O)O. The minimum atomic E-state index is -1.17. The number of oxazole rings is 1. The van der Waals surface area contributed by atoms with E-state index in [2.05, 4.69) is 10.3 Å². The lowest BCUT2D eigenvalue weighted by molar-refractivity contribution is -0.139. The Labute approximate surface area is 136 Å². The Morgan fingerprint density at radius 1 is 1.33 bits per heavy atom. The average Bonchev–Trinajstić information content (AvgIpc) is 3.00. The van der Waals surface area contributed by atoms with Crippen molar-refractivity contribution in [3.63, 3.8) is 0 Å². The van der Waals surface area contributed by atoms with Crippen molar-refractivity contribution in [3.05, 3.63) is 41.8 Å². The van der Waals surface area contributed by atoms with Crippen LogP contribution < -0.4 is 5.32 Å². The van der Waals surface area contributed by atoms with Crippen LogP contribution in [0.15, 0.2) is 28.9 Å². The number of unbranched alkanes of at least 4 members (excludes halogenated alkanes) is 1. The van der Waals surface area contributed by atoms with Gasteiger partial charge in [0.25, 0.3) is 5.91 Å². The average molecular weight is 338 g/mol. The highest BCUT2D eigenvalue weighted by molar-refractivity contribution is 5.95. The lowest BCUT2D eigenvalue weighted by Gasteiger charge is -2.12. The number of carbonyl (C=O) groups is 2. The molecule has 0 bridgehead atoms. The van der Waals surface area contributed by atoms with Crippen molar-refractivity contribution in [2.45, 2.75) is 32.2 Å². The van der Waals surface area contributed by atoms with Crippen LogP contribution in [0.3, 0.4) is 0 Å². The van der Waals surface area contributed by atoms with E-state index in [9.17, 15) is 18.4 Å². The molecule has 24 heavy (non-hydrogen) atoms. The molecule has 0 aliphatic rings. The van der Waals surface area contributed by atoms with Gasteiger partial charge in [-0.1, -0.05) is 25.8 Å². The molecule has 1 aromatic heterocycles. The summed E-state index contributed by atoms with van der Waals surface area (Å²) in [5, 5.41) is 11.4. The second-order valence-electron chi connectivity index (χ2n) is 5.14. The first kappa shape index (κ1) is 17.6. The fourth-order valence-electron chi connectivity index (χ4n) is 2.09. The fourth-order valence-corrected chi connectivity index (χ4v) is 2.09. The third kappa shape index (κ3) is 3.95. The van der Waals surface area contributed by atoms with Crippen LogP contribution in [0.1, 0.15) is 36.7 Å². The van der Waals surface area contributed by atoms with Crippen LogP contribution in [0.4, 0.5) is 8.78 Å². The number of aromatic nitrogens is 1. The van der Waals surface area contributed by atoms with Gasteiger partial charge in [0.15, 0.2) is 5.69 Å². The van der Waals surface area contributed by atoms with Gasteiger partial charge in [0.2, 0.25) is 5.89 Å². The molecule has 128 valence electrons. The first-order valence-electron chi connectivity index (χ1n) is 7.37. The second kappa shape index (κ2) is 7.67. The molecule has 0 aliphatic heterocycles. The van der Waals surface area contributed by atoms with E-state index in [1.165, 1.54) is 6.07 Å². The monoisotopic (exact) mass is 338 g/mol. The standard InChI is InChI=1S/C16H16F2N2O4/c1-2-3-7-11(16(22)23)19-14(21)12-8-24-15(20-12)13-9(17)5-4-6-10(13)18/h4-6,8,11H,2-3,7H2,1H3,(H,19,21)(H,22,23)/t11-/m0/s1. The number of carboxylic acids is 1. The molecular formula is C16H16F2N2O4. The zero-order valence-electron chi connectivity index (χ0n) is 12.9. The van der Waals surface area contributed by atoms with Crippen LogP contribution in [-0.4, -0.2) is 28.0 Å². The van der Waals surface area contributed by atoms with Crippen LogP contribution in [0.5, 0.6) is 0 Å². The van der Waals surface area contributed by atoms with E-state index >= 15 is 0 Å². The molecule has 1 aromatic carbocycles. The minimum absolute atomic E-state index is 0.254. The largest absolute Gasteiger partial charge is 0.480 e. The molecule has 0 saturated heterocycles. The summed E-state index contributed by atoms with van der Waals surface area (Å²) in [7, 11) is 0. The smallest absolute Gasteiger partial charge is 0.326 e. The van der Waals surface area contributed by atoms with Crippen molar-refractivity contribution in [3.8, 4) is 11.5 Å². The Hall–Kier alpha value is -2.77. The third-order valence-corrected chi connectivity index (χ3v) is 3.36. The summed E-state index contributed by atoms with van der Waals surface area (Å²) in [4.78, 5) is 26.9. The van der Waals surface area contributed by atoms with Crippen molar-refractivity contribution in [1.29, 1.82) is 0 Å². The van der Waals surface area contributed by atoms with Crippen molar-refractivity contribution in [2.75, 3.05) is 0 Å². The van der Waals surface area contributed by atoms with Crippen LogP contribution in [-0.2, 0) is 4.79 Å². The number of benzene rings is 1. The highest BCUT2D eigenvalue weighted by Crippen LogP contribution is 2.25. The Morgan fingerprint density at radius 3 is 2.58 bits per heavy atom. The number of halogens is 2. The van der Waals surface area contributed by atoms with Gasteiger partial charge in [-0.3, -0.25) is 4.79 Å².